The van der Waals surface area contributed by atoms with Crippen molar-refractivity contribution in [3.63, 3.8) is 0 Å². The summed E-state index contributed by atoms with van der Waals surface area (Å²) in [6, 6.07) is 2.26. The van der Waals surface area contributed by atoms with Gasteiger partial charge in [-0.3, -0.25) is 4.90 Å². The van der Waals surface area contributed by atoms with Gasteiger partial charge in [0.05, 0.1) is 0 Å². The fraction of sp³-hybridized carbons (Fsp3) is 0.750. The molecule has 0 atom stereocenters. The maximum absolute atomic E-state index is 3.81. The summed E-state index contributed by atoms with van der Waals surface area (Å²) in [5.74, 6) is 0. The lowest BCUT2D eigenvalue weighted by atomic mass is 9.85. The highest BCUT2D eigenvalue weighted by atomic mass is 32.1. The Morgan fingerprint density at radius 2 is 2.05 bits per heavy atom. The maximum Gasteiger partial charge on any atom is 0.0304 e. The smallest absolute Gasteiger partial charge is 0.0304 e. The van der Waals surface area contributed by atoms with Gasteiger partial charge in [-0.1, -0.05) is 13.8 Å². The molecular weight excluding hydrogens is 252 g/mol. The fourth-order valence-electron chi connectivity index (χ4n) is 2.96. The molecule has 3 heteroatoms. The Morgan fingerprint density at radius 1 is 1.32 bits per heavy atom. The molecule has 0 radical (unpaired) electrons. The van der Waals surface area contributed by atoms with Gasteiger partial charge in [-0.25, -0.2) is 0 Å². The number of thiophene rings is 1. The van der Waals surface area contributed by atoms with Gasteiger partial charge < -0.3 is 5.32 Å². The van der Waals surface area contributed by atoms with E-state index >= 15 is 0 Å². The van der Waals surface area contributed by atoms with Crippen LogP contribution in [0.2, 0.25) is 0 Å². The van der Waals surface area contributed by atoms with Gasteiger partial charge in [0.25, 0.3) is 0 Å². The molecule has 0 saturated carbocycles. The normalized spacial score (nSPS) is 22.5. The largest absolute Gasteiger partial charge is 0.308 e. The number of piperazine rings is 1. The Morgan fingerprint density at radius 3 is 2.63 bits per heavy atom. The lowest BCUT2D eigenvalue weighted by Crippen LogP contribution is -2.68. The van der Waals surface area contributed by atoms with Gasteiger partial charge in [-0.2, -0.15) is 11.3 Å². The predicted octanol–water partition coefficient (Wildman–Crippen LogP) is 3.53. The standard InChI is InChI=1S/C16H28N2S/c1-5-16(6-2)13-18(15(3,4)12-17-16)9-7-14-8-10-19-11-14/h8,10-11,17H,5-7,9,12-13H2,1-4H3. The highest BCUT2D eigenvalue weighted by Gasteiger charge is 2.40. The minimum Gasteiger partial charge on any atom is -0.308 e. The second-order valence-corrected chi connectivity index (χ2v) is 7.24. The van der Waals surface area contributed by atoms with E-state index in [0.29, 0.717) is 5.54 Å². The van der Waals surface area contributed by atoms with Crippen LogP contribution in [0.15, 0.2) is 16.8 Å². The van der Waals surface area contributed by atoms with E-state index in [1.54, 1.807) is 11.3 Å². The molecule has 1 N–H and O–H groups in total. The second kappa shape index (κ2) is 5.94. The van der Waals surface area contributed by atoms with E-state index in [4.69, 9.17) is 0 Å². The van der Waals surface area contributed by atoms with Crippen LogP contribution in [-0.4, -0.2) is 35.6 Å². The average molecular weight is 280 g/mol. The lowest BCUT2D eigenvalue weighted by Gasteiger charge is -2.52. The van der Waals surface area contributed by atoms with Crippen LogP contribution >= 0.6 is 11.3 Å². The van der Waals surface area contributed by atoms with Gasteiger partial charge in [0, 0.05) is 30.7 Å². The van der Waals surface area contributed by atoms with E-state index in [0.717, 1.165) is 6.54 Å². The SMILES string of the molecule is CCC1(CC)CN(CCc2ccsc2)C(C)(C)CN1. The van der Waals surface area contributed by atoms with E-state index in [-0.39, 0.29) is 5.54 Å². The van der Waals surface area contributed by atoms with Crippen LogP contribution in [0.5, 0.6) is 0 Å². The lowest BCUT2D eigenvalue weighted by molar-refractivity contribution is 0.0236. The summed E-state index contributed by atoms with van der Waals surface area (Å²) in [5.41, 5.74) is 2.08. The van der Waals surface area contributed by atoms with Crippen molar-refractivity contribution in [2.45, 2.75) is 58.0 Å². The Hall–Kier alpha value is -0.380. The van der Waals surface area contributed by atoms with Crippen molar-refractivity contribution in [2.75, 3.05) is 19.6 Å². The number of rotatable bonds is 5. The third-order valence-corrected chi connectivity index (χ3v) is 5.58. The summed E-state index contributed by atoms with van der Waals surface area (Å²) in [5, 5.41) is 8.27. The van der Waals surface area contributed by atoms with Crippen LogP contribution in [0.1, 0.15) is 46.1 Å². The van der Waals surface area contributed by atoms with Gasteiger partial charge in [0.15, 0.2) is 0 Å². The molecule has 1 aliphatic heterocycles. The molecule has 0 bridgehead atoms. The van der Waals surface area contributed by atoms with Crippen molar-refractivity contribution in [1.82, 2.24) is 10.2 Å². The van der Waals surface area contributed by atoms with E-state index in [9.17, 15) is 0 Å². The molecule has 0 amide bonds. The van der Waals surface area contributed by atoms with Crippen molar-refractivity contribution in [3.05, 3.63) is 22.4 Å². The van der Waals surface area contributed by atoms with Gasteiger partial charge in [0.1, 0.15) is 0 Å². The quantitative estimate of drug-likeness (QED) is 0.887. The number of nitrogens with one attached hydrogen (secondary N) is 1. The Balaban J connectivity index is 2.02. The van der Waals surface area contributed by atoms with Crippen molar-refractivity contribution < 1.29 is 0 Å². The van der Waals surface area contributed by atoms with Crippen LogP contribution in [-0.2, 0) is 6.42 Å². The Kier molecular flexibility index (Phi) is 4.70. The number of hydrogen-bond donors (Lipinski definition) is 1. The maximum atomic E-state index is 3.81. The molecule has 0 aliphatic carbocycles. The minimum absolute atomic E-state index is 0.268. The van der Waals surface area contributed by atoms with Gasteiger partial charge in [-0.15, -0.1) is 0 Å². The van der Waals surface area contributed by atoms with Gasteiger partial charge >= 0.3 is 0 Å². The zero-order valence-electron chi connectivity index (χ0n) is 12.8. The van der Waals surface area contributed by atoms with Crippen molar-refractivity contribution in [2.24, 2.45) is 0 Å². The van der Waals surface area contributed by atoms with Crippen LogP contribution in [0, 0.1) is 0 Å². The zero-order valence-corrected chi connectivity index (χ0v) is 13.6. The van der Waals surface area contributed by atoms with Gasteiger partial charge in [-0.05, 0) is 55.5 Å². The molecule has 2 rings (SSSR count). The average Bonchev–Trinajstić information content (AvgIpc) is 2.91. The molecule has 0 spiro atoms. The van der Waals surface area contributed by atoms with E-state index in [1.807, 2.05) is 0 Å². The monoisotopic (exact) mass is 280 g/mol. The summed E-state index contributed by atoms with van der Waals surface area (Å²) < 4.78 is 0. The van der Waals surface area contributed by atoms with E-state index in [2.05, 4.69) is 54.7 Å². The first-order chi connectivity index (χ1) is 9.01. The molecular formula is C16H28N2S. The third-order valence-electron chi connectivity index (χ3n) is 4.85. The first-order valence-corrected chi connectivity index (χ1v) is 8.47. The fourth-order valence-corrected chi connectivity index (χ4v) is 3.66. The molecule has 1 aliphatic rings. The second-order valence-electron chi connectivity index (χ2n) is 6.46. The topological polar surface area (TPSA) is 15.3 Å². The summed E-state index contributed by atoms with van der Waals surface area (Å²) in [7, 11) is 0. The summed E-state index contributed by atoms with van der Waals surface area (Å²) in [6.07, 6.45) is 3.61. The van der Waals surface area contributed by atoms with Crippen LogP contribution < -0.4 is 5.32 Å². The first kappa shape index (κ1) is 15.0. The third kappa shape index (κ3) is 3.39. The Bertz CT molecular complexity index is 379. The van der Waals surface area contributed by atoms with Crippen LogP contribution in [0.25, 0.3) is 0 Å². The molecule has 1 saturated heterocycles. The highest BCUT2D eigenvalue weighted by molar-refractivity contribution is 7.07. The Labute approximate surface area is 122 Å². The van der Waals surface area contributed by atoms with E-state index in [1.165, 1.54) is 37.9 Å². The van der Waals surface area contributed by atoms with E-state index < -0.39 is 0 Å². The molecule has 1 aromatic heterocycles. The van der Waals surface area contributed by atoms with Gasteiger partial charge in [0.2, 0.25) is 0 Å². The number of nitrogens with zero attached hydrogens (tertiary/aromatic N) is 1. The molecule has 1 aromatic rings. The molecule has 19 heavy (non-hydrogen) atoms. The van der Waals surface area contributed by atoms with Crippen LogP contribution in [0.3, 0.4) is 0 Å². The number of hydrogen-bond acceptors (Lipinski definition) is 3. The molecule has 1 fully saturated rings. The zero-order chi connectivity index (χ0) is 13.9. The summed E-state index contributed by atoms with van der Waals surface area (Å²) in [6.45, 7) is 12.8. The van der Waals surface area contributed by atoms with Crippen molar-refractivity contribution in [1.29, 1.82) is 0 Å². The summed E-state index contributed by atoms with van der Waals surface area (Å²) >= 11 is 1.80. The summed E-state index contributed by atoms with van der Waals surface area (Å²) in [4.78, 5) is 2.69. The molecule has 2 heterocycles. The minimum atomic E-state index is 0.268. The molecule has 0 unspecified atom stereocenters. The van der Waals surface area contributed by atoms with Crippen LogP contribution in [0.4, 0.5) is 0 Å². The highest BCUT2D eigenvalue weighted by Crippen LogP contribution is 2.28. The molecule has 2 nitrogen and oxygen atoms in total. The van der Waals surface area contributed by atoms with Crippen molar-refractivity contribution >= 4 is 11.3 Å². The first-order valence-electron chi connectivity index (χ1n) is 7.52. The molecule has 0 aromatic carbocycles. The predicted molar refractivity (Wildman–Crippen MR) is 85.0 cm³/mol. The molecule has 108 valence electrons. The van der Waals surface area contributed by atoms with Crippen molar-refractivity contribution in [3.8, 4) is 0 Å².